The molecular formula is C26H33N3O2. The van der Waals surface area contributed by atoms with Crippen LogP contribution in [0, 0.1) is 12.8 Å². The van der Waals surface area contributed by atoms with Crippen molar-refractivity contribution in [3.63, 3.8) is 0 Å². The van der Waals surface area contributed by atoms with Gasteiger partial charge in [-0.05, 0) is 50.4 Å². The van der Waals surface area contributed by atoms with E-state index in [-0.39, 0.29) is 17.7 Å². The summed E-state index contributed by atoms with van der Waals surface area (Å²) in [7, 11) is 0. The van der Waals surface area contributed by atoms with Crippen molar-refractivity contribution in [2.45, 2.75) is 32.7 Å². The van der Waals surface area contributed by atoms with Crippen molar-refractivity contribution in [3.8, 4) is 0 Å². The van der Waals surface area contributed by atoms with Crippen LogP contribution in [0.2, 0.25) is 0 Å². The van der Waals surface area contributed by atoms with Crippen LogP contribution in [0.15, 0.2) is 54.6 Å². The maximum Gasteiger partial charge on any atom is 0.253 e. The first-order chi connectivity index (χ1) is 15.1. The van der Waals surface area contributed by atoms with Crippen LogP contribution in [0.3, 0.4) is 0 Å². The highest BCUT2D eigenvalue weighted by molar-refractivity contribution is 5.94. The standard InChI is InChI=1S/C26H33N3O2/c1-21-8-5-11-23(18-21)25(30)28-14-7-15-29(17-16-28)26(31)24-12-6-13-27(20-24)19-22-9-3-2-4-10-22/h2-5,8-11,18,24H,6-7,12-17,19-20H2,1H3. The van der Waals surface area contributed by atoms with E-state index in [1.807, 2.05) is 47.1 Å². The van der Waals surface area contributed by atoms with Gasteiger partial charge in [-0.1, -0.05) is 48.0 Å². The zero-order valence-corrected chi connectivity index (χ0v) is 18.5. The number of carbonyl (C=O) groups is 2. The second-order valence-electron chi connectivity index (χ2n) is 8.90. The van der Waals surface area contributed by atoms with Crippen molar-refractivity contribution >= 4 is 11.8 Å². The monoisotopic (exact) mass is 419 g/mol. The van der Waals surface area contributed by atoms with Gasteiger partial charge in [0.15, 0.2) is 0 Å². The van der Waals surface area contributed by atoms with Crippen LogP contribution in [0.25, 0.3) is 0 Å². The number of amides is 2. The molecule has 2 amide bonds. The van der Waals surface area contributed by atoms with Gasteiger partial charge in [0.1, 0.15) is 0 Å². The van der Waals surface area contributed by atoms with Crippen LogP contribution in [-0.4, -0.2) is 65.8 Å². The minimum Gasteiger partial charge on any atom is -0.341 e. The quantitative estimate of drug-likeness (QED) is 0.761. The van der Waals surface area contributed by atoms with Crippen molar-refractivity contribution in [2.75, 3.05) is 39.3 Å². The lowest BCUT2D eigenvalue weighted by Crippen LogP contribution is -2.45. The van der Waals surface area contributed by atoms with Crippen LogP contribution >= 0.6 is 0 Å². The Bertz CT molecular complexity index is 899. The second kappa shape index (κ2) is 10.1. The average molecular weight is 420 g/mol. The van der Waals surface area contributed by atoms with Gasteiger partial charge in [-0.15, -0.1) is 0 Å². The molecule has 0 spiro atoms. The molecule has 5 heteroatoms. The van der Waals surface area contributed by atoms with E-state index in [2.05, 4.69) is 29.2 Å². The summed E-state index contributed by atoms with van der Waals surface area (Å²) < 4.78 is 0. The molecule has 0 aliphatic carbocycles. The third kappa shape index (κ3) is 5.53. The fourth-order valence-corrected chi connectivity index (χ4v) is 4.80. The van der Waals surface area contributed by atoms with Crippen LogP contribution in [0.4, 0.5) is 0 Å². The summed E-state index contributed by atoms with van der Waals surface area (Å²) in [6.07, 6.45) is 2.87. The first-order valence-corrected chi connectivity index (χ1v) is 11.5. The molecule has 0 saturated carbocycles. The van der Waals surface area contributed by atoms with Gasteiger partial charge < -0.3 is 9.80 Å². The van der Waals surface area contributed by atoms with Gasteiger partial charge in [-0.25, -0.2) is 0 Å². The van der Waals surface area contributed by atoms with Crippen LogP contribution in [0.1, 0.15) is 40.7 Å². The Kier molecular flexibility index (Phi) is 7.03. The molecule has 164 valence electrons. The molecule has 2 fully saturated rings. The minimum atomic E-state index is 0.0662. The third-order valence-electron chi connectivity index (χ3n) is 6.46. The number of piperidine rings is 1. The van der Waals surface area contributed by atoms with Crippen LogP contribution in [0.5, 0.6) is 0 Å². The predicted octanol–water partition coefficient (Wildman–Crippen LogP) is 3.58. The maximum atomic E-state index is 13.3. The van der Waals surface area contributed by atoms with E-state index in [4.69, 9.17) is 0 Å². The van der Waals surface area contributed by atoms with Crippen LogP contribution < -0.4 is 0 Å². The van der Waals surface area contributed by atoms with Gasteiger partial charge in [0.05, 0.1) is 5.92 Å². The molecule has 2 aliphatic rings. The largest absolute Gasteiger partial charge is 0.341 e. The van der Waals surface area contributed by atoms with Gasteiger partial charge in [0.25, 0.3) is 5.91 Å². The van der Waals surface area contributed by atoms with Crippen molar-refractivity contribution in [2.24, 2.45) is 5.92 Å². The molecule has 5 nitrogen and oxygen atoms in total. The van der Waals surface area contributed by atoms with Crippen LogP contribution in [-0.2, 0) is 11.3 Å². The Balaban J connectivity index is 1.33. The molecule has 2 aromatic carbocycles. The summed E-state index contributed by atoms with van der Waals surface area (Å²) in [6, 6.07) is 18.3. The number of carbonyl (C=O) groups excluding carboxylic acids is 2. The molecular weight excluding hydrogens is 386 g/mol. The first kappa shape index (κ1) is 21.6. The fraction of sp³-hybridized carbons (Fsp3) is 0.462. The van der Waals surface area contributed by atoms with Gasteiger partial charge in [-0.3, -0.25) is 14.5 Å². The Hall–Kier alpha value is -2.66. The smallest absolute Gasteiger partial charge is 0.253 e. The summed E-state index contributed by atoms with van der Waals surface area (Å²) in [4.78, 5) is 32.5. The number of hydrogen-bond donors (Lipinski definition) is 0. The van der Waals surface area contributed by atoms with E-state index in [0.717, 1.165) is 56.6 Å². The lowest BCUT2D eigenvalue weighted by Gasteiger charge is -2.34. The summed E-state index contributed by atoms with van der Waals surface area (Å²) in [5.74, 6) is 0.406. The Morgan fingerprint density at radius 2 is 1.65 bits per heavy atom. The lowest BCUT2D eigenvalue weighted by molar-refractivity contribution is -0.137. The molecule has 31 heavy (non-hydrogen) atoms. The Morgan fingerprint density at radius 1 is 0.871 bits per heavy atom. The molecule has 2 saturated heterocycles. The van der Waals surface area contributed by atoms with Gasteiger partial charge in [0.2, 0.25) is 5.91 Å². The molecule has 0 aromatic heterocycles. The van der Waals surface area contributed by atoms with E-state index in [1.54, 1.807) is 0 Å². The van der Waals surface area contributed by atoms with Gasteiger partial charge in [-0.2, -0.15) is 0 Å². The molecule has 0 radical (unpaired) electrons. The summed E-state index contributed by atoms with van der Waals surface area (Å²) >= 11 is 0. The highest BCUT2D eigenvalue weighted by atomic mass is 16.2. The van der Waals surface area contributed by atoms with E-state index in [0.29, 0.717) is 19.6 Å². The maximum absolute atomic E-state index is 13.3. The normalized spacial score (nSPS) is 20.4. The molecule has 1 atom stereocenters. The van der Waals surface area contributed by atoms with Crippen molar-refractivity contribution in [1.82, 2.24) is 14.7 Å². The van der Waals surface area contributed by atoms with Crippen molar-refractivity contribution < 1.29 is 9.59 Å². The number of hydrogen-bond acceptors (Lipinski definition) is 3. The molecule has 2 aliphatic heterocycles. The summed E-state index contributed by atoms with van der Waals surface area (Å²) in [6.45, 7) is 7.49. The third-order valence-corrected chi connectivity index (χ3v) is 6.46. The molecule has 0 bridgehead atoms. The number of benzene rings is 2. The zero-order valence-electron chi connectivity index (χ0n) is 18.5. The zero-order chi connectivity index (χ0) is 21.6. The van der Waals surface area contributed by atoms with E-state index < -0.39 is 0 Å². The number of nitrogens with zero attached hydrogens (tertiary/aromatic N) is 3. The topological polar surface area (TPSA) is 43.9 Å². The Labute approximate surface area is 185 Å². The summed E-state index contributed by atoms with van der Waals surface area (Å²) in [5, 5.41) is 0. The highest BCUT2D eigenvalue weighted by Gasteiger charge is 2.31. The molecule has 1 unspecified atom stereocenters. The molecule has 4 rings (SSSR count). The highest BCUT2D eigenvalue weighted by Crippen LogP contribution is 2.22. The summed E-state index contributed by atoms with van der Waals surface area (Å²) in [5.41, 5.74) is 3.13. The first-order valence-electron chi connectivity index (χ1n) is 11.5. The molecule has 0 N–H and O–H groups in total. The lowest BCUT2D eigenvalue weighted by atomic mass is 9.96. The van der Waals surface area contributed by atoms with E-state index in [9.17, 15) is 9.59 Å². The predicted molar refractivity (Wildman–Crippen MR) is 123 cm³/mol. The number of rotatable bonds is 4. The Morgan fingerprint density at radius 3 is 2.45 bits per heavy atom. The van der Waals surface area contributed by atoms with E-state index >= 15 is 0 Å². The number of aryl methyl sites for hydroxylation is 1. The fourth-order valence-electron chi connectivity index (χ4n) is 4.80. The van der Waals surface area contributed by atoms with Crippen molar-refractivity contribution in [3.05, 3.63) is 71.3 Å². The SMILES string of the molecule is Cc1cccc(C(=O)N2CCCN(C(=O)C3CCCN(Cc4ccccc4)C3)CC2)c1. The van der Waals surface area contributed by atoms with Gasteiger partial charge >= 0.3 is 0 Å². The molecule has 2 heterocycles. The van der Waals surface area contributed by atoms with E-state index in [1.165, 1.54) is 5.56 Å². The minimum absolute atomic E-state index is 0.0662. The van der Waals surface area contributed by atoms with Gasteiger partial charge in [0, 0.05) is 44.8 Å². The van der Waals surface area contributed by atoms with Crippen molar-refractivity contribution in [1.29, 1.82) is 0 Å². The second-order valence-corrected chi connectivity index (χ2v) is 8.90. The average Bonchev–Trinajstić information content (AvgIpc) is 3.05. The number of likely N-dealkylation sites (tertiary alicyclic amines) is 1. The molecule has 2 aromatic rings.